The lowest BCUT2D eigenvalue weighted by molar-refractivity contribution is -0.161. The molecule has 0 aromatic heterocycles. The second kappa shape index (κ2) is 63.5. The summed E-state index contributed by atoms with van der Waals surface area (Å²) in [5, 5.41) is 10.6. The molecule has 0 aliphatic carbocycles. The molecule has 0 fully saturated rings. The summed E-state index contributed by atoms with van der Waals surface area (Å²) >= 11 is 0. The van der Waals surface area contributed by atoms with Crippen LogP contribution in [0.4, 0.5) is 0 Å². The number of hydrogen-bond donors (Lipinski definition) is 3. The third kappa shape index (κ3) is 67.0. The molecule has 0 spiro atoms. The number of phosphoric ester groups is 2. The Balaban J connectivity index is 5.25. The maximum Gasteiger partial charge on any atom is 0.472 e. The van der Waals surface area contributed by atoms with Crippen molar-refractivity contribution in [2.75, 3.05) is 39.6 Å². The van der Waals surface area contributed by atoms with Crippen molar-refractivity contribution < 1.29 is 80.2 Å². The molecule has 0 aromatic rings. The van der Waals surface area contributed by atoms with Crippen LogP contribution in [-0.4, -0.2) is 96.7 Å². The van der Waals surface area contributed by atoms with E-state index >= 15 is 0 Å². The van der Waals surface area contributed by atoms with Gasteiger partial charge in [-0.3, -0.25) is 37.3 Å². The van der Waals surface area contributed by atoms with E-state index in [1.54, 1.807) is 0 Å². The Bertz CT molecular complexity index is 1840. The second-order valence-electron chi connectivity index (χ2n) is 28.4. The van der Waals surface area contributed by atoms with Gasteiger partial charge in [-0.15, -0.1) is 0 Å². The molecule has 3 unspecified atom stereocenters. The SMILES string of the molecule is CCC(C)CCCCCCCCC(=O)OC[C@H](COP(=O)(O)OC[C@H](O)COP(=O)(O)OC[C@@H](COC(=O)CCCCCCCCCCCCCCC(C)C)OC(=O)CCCCCCCCCCCC(C)C)OC(=O)CCCCCCCCCCCCCCCC(C)C. The number of rotatable bonds is 71. The molecular weight excluding hydrogens is 1220 g/mol. The van der Waals surface area contributed by atoms with Crippen molar-refractivity contribution in [1.82, 2.24) is 0 Å². The monoisotopic (exact) mass is 1370 g/mol. The Morgan fingerprint density at radius 3 is 0.763 bits per heavy atom. The number of aliphatic hydroxyl groups is 1. The van der Waals surface area contributed by atoms with Crippen LogP contribution in [0.1, 0.15) is 370 Å². The third-order valence-electron chi connectivity index (χ3n) is 17.4. The van der Waals surface area contributed by atoms with E-state index in [0.29, 0.717) is 25.7 Å². The number of carbonyl (C=O) groups is 4. The van der Waals surface area contributed by atoms with Gasteiger partial charge in [0.2, 0.25) is 0 Å². The Morgan fingerprint density at radius 2 is 0.516 bits per heavy atom. The number of carbonyl (C=O) groups excluding carboxylic acids is 4. The molecule has 0 amide bonds. The predicted molar refractivity (Wildman–Crippen MR) is 377 cm³/mol. The van der Waals surface area contributed by atoms with E-state index in [1.807, 2.05) is 0 Å². The first-order valence-electron chi connectivity index (χ1n) is 38.2. The third-order valence-corrected chi connectivity index (χ3v) is 19.3. The van der Waals surface area contributed by atoms with Crippen molar-refractivity contribution in [2.45, 2.75) is 388 Å². The first-order valence-corrected chi connectivity index (χ1v) is 41.2. The molecular formula is C74H144O17P2. The van der Waals surface area contributed by atoms with E-state index < -0.39 is 97.5 Å². The zero-order valence-corrected chi connectivity index (χ0v) is 62.7. The fraction of sp³-hybridized carbons (Fsp3) is 0.946. The molecule has 0 saturated heterocycles. The van der Waals surface area contributed by atoms with Crippen LogP contribution < -0.4 is 0 Å². The van der Waals surface area contributed by atoms with E-state index in [0.717, 1.165) is 120 Å². The van der Waals surface area contributed by atoms with E-state index in [-0.39, 0.29) is 25.7 Å². The number of ether oxygens (including phenoxy) is 4. The molecule has 0 saturated carbocycles. The predicted octanol–water partition coefficient (Wildman–Crippen LogP) is 21.3. The Labute approximate surface area is 568 Å². The van der Waals surface area contributed by atoms with Gasteiger partial charge in [-0.2, -0.15) is 0 Å². The van der Waals surface area contributed by atoms with Crippen LogP contribution in [0, 0.1) is 23.7 Å². The molecule has 0 aromatic carbocycles. The summed E-state index contributed by atoms with van der Waals surface area (Å²) in [6.07, 6.45) is 47.2. The molecule has 93 heavy (non-hydrogen) atoms. The molecule has 6 atom stereocenters. The van der Waals surface area contributed by atoms with E-state index in [4.69, 9.17) is 37.0 Å². The maximum atomic E-state index is 13.0. The molecule has 0 bridgehead atoms. The lowest BCUT2D eigenvalue weighted by Gasteiger charge is -2.21. The zero-order valence-electron chi connectivity index (χ0n) is 60.9. The summed E-state index contributed by atoms with van der Waals surface area (Å²) in [7, 11) is -9.91. The first-order chi connectivity index (χ1) is 44.6. The summed E-state index contributed by atoms with van der Waals surface area (Å²) in [6.45, 7) is 14.2. The summed E-state index contributed by atoms with van der Waals surface area (Å²) in [5.74, 6) is 0.911. The highest BCUT2D eigenvalue weighted by Gasteiger charge is 2.30. The van der Waals surface area contributed by atoms with Gasteiger partial charge in [-0.25, -0.2) is 9.13 Å². The molecule has 0 radical (unpaired) electrons. The quantitative estimate of drug-likeness (QED) is 0.0222. The fourth-order valence-corrected chi connectivity index (χ4v) is 12.7. The van der Waals surface area contributed by atoms with E-state index in [2.05, 4.69) is 55.4 Å². The molecule has 17 nitrogen and oxygen atoms in total. The van der Waals surface area contributed by atoms with Crippen LogP contribution in [-0.2, 0) is 65.4 Å². The topological polar surface area (TPSA) is 237 Å². The van der Waals surface area contributed by atoms with Crippen molar-refractivity contribution in [3.63, 3.8) is 0 Å². The minimum atomic E-state index is -4.96. The second-order valence-corrected chi connectivity index (χ2v) is 31.3. The van der Waals surface area contributed by atoms with Crippen molar-refractivity contribution >= 4 is 39.5 Å². The molecule has 19 heteroatoms. The molecule has 0 rings (SSSR count). The standard InChI is InChI=1S/C74H144O17P2/c1-9-67(8)53-45-37-32-33-39-47-55-72(77)85-61-70(91-73(78)56-48-40-30-24-18-12-10-11-15-20-26-34-42-50-64(2)3)63-89-93(82,83)87-59-68(75)58-86-92(80,81)88-62-69(90-74(79)57-49-41-31-25-19-22-28-36-44-52-66(6)7)60-84-71(76)54-46-38-29-23-17-14-13-16-21-27-35-43-51-65(4)5/h64-70,75H,9-63H2,1-8H3,(H,80,81)(H,82,83)/t67?,68-,69-,70-/m1/s1. The van der Waals surface area contributed by atoms with Gasteiger partial charge in [-0.1, -0.05) is 319 Å². The van der Waals surface area contributed by atoms with Crippen molar-refractivity contribution in [1.29, 1.82) is 0 Å². The summed E-state index contributed by atoms with van der Waals surface area (Å²) < 4.78 is 68.4. The fourth-order valence-electron chi connectivity index (χ4n) is 11.2. The highest BCUT2D eigenvalue weighted by atomic mass is 31.2. The van der Waals surface area contributed by atoms with Crippen LogP contribution in [0.2, 0.25) is 0 Å². The number of esters is 4. The molecule has 0 aliphatic rings. The highest BCUT2D eigenvalue weighted by Crippen LogP contribution is 2.45. The highest BCUT2D eigenvalue weighted by molar-refractivity contribution is 7.47. The van der Waals surface area contributed by atoms with Crippen molar-refractivity contribution in [2.24, 2.45) is 23.7 Å². The molecule has 0 aliphatic heterocycles. The van der Waals surface area contributed by atoms with Crippen LogP contribution >= 0.6 is 15.6 Å². The van der Waals surface area contributed by atoms with Crippen LogP contribution in [0.15, 0.2) is 0 Å². The van der Waals surface area contributed by atoms with E-state index in [1.165, 1.54) is 167 Å². The van der Waals surface area contributed by atoms with Gasteiger partial charge in [0.1, 0.15) is 19.3 Å². The van der Waals surface area contributed by atoms with E-state index in [9.17, 15) is 43.2 Å². The van der Waals surface area contributed by atoms with Crippen molar-refractivity contribution in [3.05, 3.63) is 0 Å². The molecule has 552 valence electrons. The normalized spacial score (nSPS) is 14.5. The van der Waals surface area contributed by atoms with Gasteiger partial charge >= 0.3 is 39.5 Å². The summed E-state index contributed by atoms with van der Waals surface area (Å²) in [4.78, 5) is 72.7. The maximum absolute atomic E-state index is 13.0. The average molecular weight is 1370 g/mol. The molecule has 3 N–H and O–H groups in total. The van der Waals surface area contributed by atoms with Gasteiger partial charge in [0, 0.05) is 25.7 Å². The first kappa shape index (κ1) is 91.1. The largest absolute Gasteiger partial charge is 0.472 e. The van der Waals surface area contributed by atoms with Gasteiger partial charge < -0.3 is 33.8 Å². The van der Waals surface area contributed by atoms with Crippen LogP contribution in [0.25, 0.3) is 0 Å². The van der Waals surface area contributed by atoms with Crippen LogP contribution in [0.5, 0.6) is 0 Å². The zero-order chi connectivity index (χ0) is 68.9. The lowest BCUT2D eigenvalue weighted by atomic mass is 10.00. The Morgan fingerprint density at radius 1 is 0.301 bits per heavy atom. The minimum absolute atomic E-state index is 0.105. The smallest absolute Gasteiger partial charge is 0.462 e. The van der Waals surface area contributed by atoms with Gasteiger partial charge in [0.15, 0.2) is 12.2 Å². The van der Waals surface area contributed by atoms with Gasteiger partial charge in [-0.05, 0) is 49.4 Å². The number of unbranched alkanes of at least 4 members (excludes halogenated alkanes) is 36. The van der Waals surface area contributed by atoms with Gasteiger partial charge in [0.25, 0.3) is 0 Å². The van der Waals surface area contributed by atoms with Crippen LogP contribution in [0.3, 0.4) is 0 Å². The Hall–Kier alpha value is -1.94. The van der Waals surface area contributed by atoms with Gasteiger partial charge in [0.05, 0.1) is 26.4 Å². The number of hydrogen-bond acceptors (Lipinski definition) is 15. The summed E-state index contributed by atoms with van der Waals surface area (Å²) in [5.41, 5.74) is 0. The van der Waals surface area contributed by atoms with Crippen molar-refractivity contribution in [3.8, 4) is 0 Å². The average Bonchev–Trinajstić information content (AvgIpc) is 2.21. The lowest BCUT2D eigenvalue weighted by Crippen LogP contribution is -2.30. The number of aliphatic hydroxyl groups excluding tert-OH is 1. The summed E-state index contributed by atoms with van der Waals surface area (Å²) in [6, 6.07) is 0. The Kier molecular flexibility index (Phi) is 62.2. The number of phosphoric acid groups is 2. The minimum Gasteiger partial charge on any atom is -0.462 e. The molecule has 0 heterocycles.